The van der Waals surface area contributed by atoms with Crippen LogP contribution >= 0.6 is 11.3 Å². The standard InChI is InChI=1S/C23H31N3O7S2/c1-3-32-17-10-11-18-19(12-17)34-23(26(18)13-22(29)33-4-2)25-21(28)15-35(30,31)14-20(27)24-16-8-6-5-7-9-16/h10-12,16H,3-9,13-15H2,1-2H3,(H,24,27). The molecule has 0 bridgehead atoms. The SMILES string of the molecule is CCOC(=O)Cn1c(=NC(=O)CS(=O)(=O)CC(=O)NC2CCCCC2)sc2cc(OCC)ccc21. The number of esters is 1. The predicted molar refractivity (Wildman–Crippen MR) is 132 cm³/mol. The Bertz CT molecular complexity index is 1240. The molecule has 0 unspecified atom stereocenters. The molecule has 1 saturated carbocycles. The number of nitrogens with zero attached hydrogens (tertiary/aromatic N) is 2. The van der Waals surface area contributed by atoms with Gasteiger partial charge in [-0.3, -0.25) is 14.4 Å². The third-order valence-corrected chi connectivity index (χ3v) is 7.87. The second kappa shape index (κ2) is 12.3. The van der Waals surface area contributed by atoms with Gasteiger partial charge in [-0.15, -0.1) is 0 Å². The molecule has 1 N–H and O–H groups in total. The number of hydrogen-bond donors (Lipinski definition) is 1. The minimum Gasteiger partial charge on any atom is -0.494 e. The third-order valence-electron chi connectivity index (χ3n) is 5.44. The summed E-state index contributed by atoms with van der Waals surface area (Å²) in [6, 6.07) is 5.22. The van der Waals surface area contributed by atoms with E-state index in [0.29, 0.717) is 22.6 Å². The van der Waals surface area contributed by atoms with Gasteiger partial charge < -0.3 is 19.4 Å². The lowest BCUT2D eigenvalue weighted by Crippen LogP contribution is -2.40. The molecule has 3 rings (SSSR count). The van der Waals surface area contributed by atoms with E-state index in [1.165, 1.54) is 4.57 Å². The second-order valence-electron chi connectivity index (χ2n) is 8.28. The van der Waals surface area contributed by atoms with E-state index >= 15 is 0 Å². The zero-order valence-electron chi connectivity index (χ0n) is 19.9. The van der Waals surface area contributed by atoms with Crippen LogP contribution in [0, 0.1) is 0 Å². The highest BCUT2D eigenvalue weighted by atomic mass is 32.2. The van der Waals surface area contributed by atoms with Gasteiger partial charge in [0.25, 0.3) is 5.91 Å². The summed E-state index contributed by atoms with van der Waals surface area (Å²) in [5, 5.41) is 2.75. The van der Waals surface area contributed by atoms with Crippen molar-refractivity contribution < 1.29 is 32.3 Å². The normalized spacial score (nSPS) is 15.2. The van der Waals surface area contributed by atoms with E-state index in [-0.39, 0.29) is 24.0 Å². The van der Waals surface area contributed by atoms with Gasteiger partial charge in [-0.25, -0.2) is 8.42 Å². The summed E-state index contributed by atoms with van der Waals surface area (Å²) in [6.45, 7) is 4.02. The Labute approximate surface area is 208 Å². The Morgan fingerprint density at radius 1 is 1.11 bits per heavy atom. The Balaban J connectivity index is 1.80. The van der Waals surface area contributed by atoms with Crippen molar-refractivity contribution in [2.75, 3.05) is 24.7 Å². The first kappa shape index (κ1) is 26.9. The van der Waals surface area contributed by atoms with Gasteiger partial charge in [0.05, 0.1) is 23.4 Å². The van der Waals surface area contributed by atoms with Crippen LogP contribution in [0.2, 0.25) is 0 Å². The van der Waals surface area contributed by atoms with E-state index in [9.17, 15) is 22.8 Å². The van der Waals surface area contributed by atoms with Crippen molar-refractivity contribution in [3.8, 4) is 5.75 Å². The van der Waals surface area contributed by atoms with Crippen LogP contribution in [0.15, 0.2) is 23.2 Å². The number of thiazole rings is 1. The Kier molecular flexibility index (Phi) is 9.44. The van der Waals surface area contributed by atoms with Crippen molar-refractivity contribution in [1.29, 1.82) is 0 Å². The molecule has 0 atom stereocenters. The van der Waals surface area contributed by atoms with Crippen molar-refractivity contribution in [3.05, 3.63) is 23.0 Å². The van der Waals surface area contributed by atoms with Crippen molar-refractivity contribution in [2.24, 2.45) is 4.99 Å². The van der Waals surface area contributed by atoms with E-state index in [4.69, 9.17) is 9.47 Å². The quantitative estimate of drug-likeness (QED) is 0.469. The lowest BCUT2D eigenvalue weighted by molar-refractivity contribution is -0.143. The lowest BCUT2D eigenvalue weighted by Gasteiger charge is -2.22. The number of carbonyl (C=O) groups excluding carboxylic acids is 3. The van der Waals surface area contributed by atoms with Crippen LogP contribution < -0.4 is 14.9 Å². The molecule has 1 aromatic heterocycles. The van der Waals surface area contributed by atoms with E-state index in [0.717, 1.165) is 43.4 Å². The number of fused-ring (bicyclic) bond motifs is 1. The molecule has 1 fully saturated rings. The monoisotopic (exact) mass is 525 g/mol. The average molecular weight is 526 g/mol. The van der Waals surface area contributed by atoms with Crippen LogP contribution in [-0.4, -0.2) is 61.5 Å². The van der Waals surface area contributed by atoms with E-state index in [1.54, 1.807) is 25.1 Å². The van der Waals surface area contributed by atoms with Crippen molar-refractivity contribution >= 4 is 49.2 Å². The van der Waals surface area contributed by atoms with Crippen LogP contribution in [0.3, 0.4) is 0 Å². The van der Waals surface area contributed by atoms with Crippen molar-refractivity contribution in [2.45, 2.75) is 58.5 Å². The summed E-state index contributed by atoms with van der Waals surface area (Å²) in [5.41, 5.74) is 0.632. The molecular weight excluding hydrogens is 494 g/mol. The van der Waals surface area contributed by atoms with Gasteiger partial charge in [-0.1, -0.05) is 30.6 Å². The van der Waals surface area contributed by atoms with Gasteiger partial charge in [0.15, 0.2) is 14.6 Å². The second-order valence-corrected chi connectivity index (χ2v) is 11.4. The summed E-state index contributed by atoms with van der Waals surface area (Å²) >= 11 is 1.13. The zero-order valence-corrected chi connectivity index (χ0v) is 21.6. The minimum atomic E-state index is -4.01. The van der Waals surface area contributed by atoms with E-state index in [1.807, 2.05) is 6.92 Å². The maximum atomic E-state index is 12.6. The van der Waals surface area contributed by atoms with Gasteiger partial charge in [0, 0.05) is 6.04 Å². The van der Waals surface area contributed by atoms with E-state index < -0.39 is 39.1 Å². The summed E-state index contributed by atoms with van der Waals surface area (Å²) < 4.78 is 37.7. The molecule has 1 aliphatic carbocycles. The molecule has 1 aromatic carbocycles. The molecule has 35 heavy (non-hydrogen) atoms. The molecule has 1 heterocycles. The summed E-state index contributed by atoms with van der Waals surface area (Å²) in [7, 11) is -4.01. The molecule has 2 aromatic rings. The number of rotatable bonds is 10. The highest BCUT2D eigenvalue weighted by molar-refractivity contribution is 7.92. The van der Waals surface area contributed by atoms with Crippen molar-refractivity contribution in [1.82, 2.24) is 9.88 Å². The zero-order chi connectivity index (χ0) is 25.4. The van der Waals surface area contributed by atoms with Crippen LogP contribution in [0.4, 0.5) is 0 Å². The first-order valence-electron chi connectivity index (χ1n) is 11.7. The Morgan fingerprint density at radius 2 is 1.86 bits per heavy atom. The number of sulfone groups is 1. The molecule has 2 amide bonds. The topological polar surface area (TPSA) is 133 Å². The van der Waals surface area contributed by atoms with Crippen LogP contribution in [0.1, 0.15) is 46.0 Å². The van der Waals surface area contributed by atoms with Crippen LogP contribution in [-0.2, 0) is 35.5 Å². The number of benzene rings is 1. The number of ether oxygens (including phenoxy) is 2. The molecule has 12 heteroatoms. The summed E-state index contributed by atoms with van der Waals surface area (Å²) in [6.07, 6.45) is 4.78. The molecule has 0 aliphatic heterocycles. The molecule has 0 saturated heterocycles. The predicted octanol–water partition coefficient (Wildman–Crippen LogP) is 1.96. The van der Waals surface area contributed by atoms with Gasteiger partial charge in [-0.2, -0.15) is 4.99 Å². The van der Waals surface area contributed by atoms with E-state index in [2.05, 4.69) is 10.3 Å². The maximum absolute atomic E-state index is 12.6. The minimum absolute atomic E-state index is 0.0196. The fourth-order valence-corrected chi connectivity index (χ4v) is 6.08. The molecule has 1 aliphatic rings. The average Bonchev–Trinajstić information content (AvgIpc) is 3.09. The smallest absolute Gasteiger partial charge is 0.326 e. The molecule has 192 valence electrons. The maximum Gasteiger partial charge on any atom is 0.326 e. The first-order chi connectivity index (χ1) is 16.7. The molecular formula is C23H31N3O7S2. The molecule has 10 nitrogen and oxygen atoms in total. The first-order valence-corrected chi connectivity index (χ1v) is 14.3. The lowest BCUT2D eigenvalue weighted by atomic mass is 9.95. The van der Waals surface area contributed by atoms with Crippen molar-refractivity contribution in [3.63, 3.8) is 0 Å². The summed E-state index contributed by atoms with van der Waals surface area (Å²) in [5.74, 6) is -3.08. The number of amides is 2. The van der Waals surface area contributed by atoms with Crippen LogP contribution in [0.5, 0.6) is 5.75 Å². The number of hydrogen-bond acceptors (Lipinski definition) is 8. The van der Waals surface area contributed by atoms with Gasteiger partial charge in [0.1, 0.15) is 23.8 Å². The van der Waals surface area contributed by atoms with Gasteiger partial charge >= 0.3 is 5.97 Å². The Hall–Kier alpha value is -2.73. The fraction of sp³-hybridized carbons (Fsp3) is 0.565. The van der Waals surface area contributed by atoms with Crippen LogP contribution in [0.25, 0.3) is 10.2 Å². The Morgan fingerprint density at radius 3 is 2.54 bits per heavy atom. The largest absolute Gasteiger partial charge is 0.494 e. The fourth-order valence-electron chi connectivity index (χ4n) is 3.98. The van der Waals surface area contributed by atoms with Gasteiger partial charge in [0.2, 0.25) is 5.91 Å². The third kappa shape index (κ3) is 7.89. The highest BCUT2D eigenvalue weighted by Crippen LogP contribution is 2.23. The summed E-state index contributed by atoms with van der Waals surface area (Å²) in [4.78, 5) is 41.1. The molecule has 0 radical (unpaired) electrons. The number of nitrogens with one attached hydrogen (secondary N) is 1. The highest BCUT2D eigenvalue weighted by Gasteiger charge is 2.24. The number of carbonyl (C=O) groups is 3. The molecule has 0 spiro atoms. The van der Waals surface area contributed by atoms with Gasteiger partial charge in [-0.05, 0) is 44.9 Å². The number of aromatic nitrogens is 1.